The Morgan fingerprint density at radius 1 is 0.840 bits per heavy atom. The van der Waals surface area contributed by atoms with E-state index < -0.39 is 0 Å². The first-order valence-electron chi connectivity index (χ1n) is 11.0. The van der Waals surface area contributed by atoms with Gasteiger partial charge in [0.1, 0.15) is 0 Å². The average Bonchev–Trinajstić information content (AvgIpc) is 2.53. The summed E-state index contributed by atoms with van der Waals surface area (Å²) >= 11 is 0. The number of allylic oxidation sites excluding steroid dienone is 1. The Balaban J connectivity index is 4.05. The van der Waals surface area contributed by atoms with E-state index in [2.05, 4.69) is 32.7 Å². The second-order valence-electron chi connectivity index (χ2n) is 8.67. The largest absolute Gasteiger partial charge is 0.328 e. The maximum atomic E-state index is 5.86. The van der Waals surface area contributed by atoms with Gasteiger partial charge >= 0.3 is 0 Å². The van der Waals surface area contributed by atoms with Crippen LogP contribution in [0.25, 0.3) is 0 Å². The molecular formula is C23H48N2. The van der Waals surface area contributed by atoms with Gasteiger partial charge in [0.15, 0.2) is 0 Å². The van der Waals surface area contributed by atoms with Crippen molar-refractivity contribution >= 4 is 0 Å². The van der Waals surface area contributed by atoms with Crippen LogP contribution in [0, 0.1) is 11.8 Å². The minimum absolute atomic E-state index is 0.365. The number of hydrogen-bond acceptors (Lipinski definition) is 2. The summed E-state index contributed by atoms with van der Waals surface area (Å²) in [7, 11) is 2.03. The van der Waals surface area contributed by atoms with Crippen LogP contribution >= 0.6 is 0 Å². The van der Waals surface area contributed by atoms with Crippen LogP contribution in [-0.2, 0) is 0 Å². The molecule has 3 N–H and O–H groups in total. The predicted octanol–water partition coefficient (Wildman–Crippen LogP) is 6.45. The Hall–Kier alpha value is -0.340. The van der Waals surface area contributed by atoms with Gasteiger partial charge in [-0.2, -0.15) is 0 Å². The minimum atomic E-state index is 0.365. The summed E-state index contributed by atoms with van der Waals surface area (Å²) in [5.74, 6) is 1.71. The molecule has 2 heteroatoms. The molecule has 0 bridgehead atoms. The number of nitrogens with two attached hydrogens (primary N) is 1. The zero-order valence-electron chi connectivity index (χ0n) is 17.9. The van der Waals surface area contributed by atoms with E-state index in [1.54, 1.807) is 0 Å². The van der Waals surface area contributed by atoms with Gasteiger partial charge < -0.3 is 11.1 Å². The smallest absolute Gasteiger partial charge is 0.00104 e. The molecule has 0 saturated carbocycles. The highest BCUT2D eigenvalue weighted by Gasteiger charge is 2.11. The molecule has 0 amide bonds. The first-order valence-corrected chi connectivity index (χ1v) is 11.0. The number of rotatable bonds is 18. The maximum Gasteiger partial charge on any atom is 0.00104 e. The molecule has 0 aliphatic rings. The molecule has 0 spiro atoms. The fourth-order valence-electron chi connectivity index (χ4n) is 3.61. The quantitative estimate of drug-likeness (QED) is 0.220. The Kier molecular flexibility index (Phi) is 16.9. The van der Waals surface area contributed by atoms with Crippen LogP contribution in [0.4, 0.5) is 0 Å². The Morgan fingerprint density at radius 3 is 1.92 bits per heavy atom. The van der Waals surface area contributed by atoms with Gasteiger partial charge in [-0.05, 0) is 58.0 Å². The zero-order valence-corrected chi connectivity index (χ0v) is 17.9. The fraction of sp³-hybridized carbons (Fsp3) is 0.913. The van der Waals surface area contributed by atoms with Gasteiger partial charge in [0.25, 0.3) is 0 Å². The monoisotopic (exact) mass is 352 g/mol. The molecular weight excluding hydrogens is 304 g/mol. The van der Waals surface area contributed by atoms with Crippen molar-refractivity contribution in [1.82, 2.24) is 5.32 Å². The van der Waals surface area contributed by atoms with Crippen LogP contribution in [0.3, 0.4) is 0 Å². The highest BCUT2D eigenvalue weighted by Crippen LogP contribution is 2.26. The number of hydrogen-bond donors (Lipinski definition) is 2. The molecule has 150 valence electrons. The summed E-state index contributed by atoms with van der Waals surface area (Å²) in [6, 6.07) is 0.365. The third-order valence-corrected chi connectivity index (χ3v) is 5.20. The van der Waals surface area contributed by atoms with E-state index in [1.807, 2.05) is 7.05 Å². The van der Waals surface area contributed by atoms with Crippen LogP contribution in [0.2, 0.25) is 0 Å². The van der Waals surface area contributed by atoms with E-state index in [-0.39, 0.29) is 0 Å². The zero-order chi connectivity index (χ0) is 18.9. The molecule has 2 atom stereocenters. The molecule has 0 saturated heterocycles. The highest BCUT2D eigenvalue weighted by molar-refractivity contribution is 4.95. The van der Waals surface area contributed by atoms with Gasteiger partial charge in [0.2, 0.25) is 0 Å². The Labute approximate surface area is 159 Å². The summed E-state index contributed by atoms with van der Waals surface area (Å²) in [5, 5.41) is 3.24. The van der Waals surface area contributed by atoms with E-state index in [4.69, 9.17) is 5.73 Å². The lowest BCUT2D eigenvalue weighted by atomic mass is 9.87. The summed E-state index contributed by atoms with van der Waals surface area (Å²) < 4.78 is 0. The molecule has 0 fully saturated rings. The van der Waals surface area contributed by atoms with Crippen molar-refractivity contribution in [1.29, 1.82) is 0 Å². The summed E-state index contributed by atoms with van der Waals surface area (Å²) in [5.41, 5.74) is 7.33. The van der Waals surface area contributed by atoms with Crippen molar-refractivity contribution in [2.24, 2.45) is 17.6 Å². The first-order chi connectivity index (χ1) is 12.0. The number of nitrogens with one attached hydrogen (secondary N) is 1. The summed E-state index contributed by atoms with van der Waals surface area (Å²) in [4.78, 5) is 0. The average molecular weight is 353 g/mol. The second kappa shape index (κ2) is 17.1. The topological polar surface area (TPSA) is 38.0 Å². The van der Waals surface area contributed by atoms with E-state index in [9.17, 15) is 0 Å². The van der Waals surface area contributed by atoms with Crippen molar-refractivity contribution < 1.29 is 0 Å². The lowest BCUT2D eigenvalue weighted by Gasteiger charge is -2.19. The van der Waals surface area contributed by atoms with Gasteiger partial charge in [0.05, 0.1) is 0 Å². The Morgan fingerprint density at radius 2 is 1.40 bits per heavy atom. The Bertz CT molecular complexity index is 278. The third-order valence-electron chi connectivity index (χ3n) is 5.20. The third kappa shape index (κ3) is 18.3. The molecule has 0 heterocycles. The van der Waals surface area contributed by atoms with Crippen molar-refractivity contribution in [2.75, 3.05) is 13.6 Å². The van der Waals surface area contributed by atoms with Crippen LogP contribution in [0.1, 0.15) is 104 Å². The normalized spacial score (nSPS) is 14.0. The van der Waals surface area contributed by atoms with Crippen LogP contribution in [-0.4, -0.2) is 19.6 Å². The van der Waals surface area contributed by atoms with Crippen molar-refractivity contribution in [3.8, 4) is 0 Å². The van der Waals surface area contributed by atoms with Crippen LogP contribution in [0.5, 0.6) is 0 Å². The molecule has 0 aromatic heterocycles. The fourth-order valence-corrected chi connectivity index (χ4v) is 3.61. The minimum Gasteiger partial charge on any atom is -0.328 e. The van der Waals surface area contributed by atoms with E-state index in [1.165, 1.54) is 89.0 Å². The van der Waals surface area contributed by atoms with E-state index in [0.717, 1.165) is 18.4 Å². The van der Waals surface area contributed by atoms with Crippen LogP contribution in [0.15, 0.2) is 12.2 Å². The molecule has 2 unspecified atom stereocenters. The van der Waals surface area contributed by atoms with Gasteiger partial charge in [-0.25, -0.2) is 0 Å². The van der Waals surface area contributed by atoms with Gasteiger partial charge in [-0.15, -0.1) is 0 Å². The van der Waals surface area contributed by atoms with Crippen LogP contribution < -0.4 is 11.1 Å². The molecule has 0 radical (unpaired) electrons. The van der Waals surface area contributed by atoms with Gasteiger partial charge in [0, 0.05) is 6.04 Å². The van der Waals surface area contributed by atoms with Crippen molar-refractivity contribution in [3.05, 3.63) is 12.2 Å². The molecule has 0 aliphatic heterocycles. The molecule has 2 nitrogen and oxygen atoms in total. The second-order valence-corrected chi connectivity index (χ2v) is 8.67. The molecule has 0 aliphatic carbocycles. The number of unbranched alkanes of at least 4 members (excludes halogenated alkanes) is 4. The molecule has 0 aromatic rings. The SMILES string of the molecule is C=C(CCCNC)CC(CCCCCC(C)C)CCCCCC(C)N. The van der Waals surface area contributed by atoms with Crippen molar-refractivity contribution in [3.63, 3.8) is 0 Å². The summed E-state index contributed by atoms with van der Waals surface area (Å²) in [6.45, 7) is 12.3. The summed E-state index contributed by atoms with van der Waals surface area (Å²) in [6.07, 6.45) is 17.2. The van der Waals surface area contributed by atoms with Gasteiger partial charge in [-0.1, -0.05) is 83.8 Å². The van der Waals surface area contributed by atoms with E-state index >= 15 is 0 Å². The first kappa shape index (κ1) is 24.7. The molecule has 0 aromatic carbocycles. The van der Waals surface area contributed by atoms with Crippen molar-refractivity contribution in [2.45, 2.75) is 110 Å². The van der Waals surface area contributed by atoms with E-state index in [0.29, 0.717) is 6.04 Å². The lowest BCUT2D eigenvalue weighted by molar-refractivity contribution is 0.392. The molecule has 0 rings (SSSR count). The molecule has 25 heavy (non-hydrogen) atoms. The highest BCUT2D eigenvalue weighted by atomic mass is 14.8. The maximum absolute atomic E-state index is 5.86. The predicted molar refractivity (Wildman–Crippen MR) is 115 cm³/mol. The lowest BCUT2D eigenvalue weighted by Crippen LogP contribution is -2.14. The standard InChI is InChI=1S/C23H48N2/c1-20(2)13-8-6-10-16-23(17-11-7-9-15-22(4)24)19-21(3)14-12-18-25-5/h20,22-23,25H,3,6-19,24H2,1-2,4-5H3. The van der Waals surface area contributed by atoms with Gasteiger partial charge in [-0.3, -0.25) is 0 Å².